The molecule has 2 amide bonds. The molecule has 0 bridgehead atoms. The quantitative estimate of drug-likeness (QED) is 0.130. The molecule has 178 valence electrons. The molecule has 0 unspecified atom stereocenters. The van der Waals surface area contributed by atoms with E-state index in [-0.39, 0.29) is 22.7 Å². The van der Waals surface area contributed by atoms with Gasteiger partial charge < -0.3 is 5.11 Å². The highest BCUT2D eigenvalue weighted by Crippen LogP contribution is 2.37. The molecule has 0 atom stereocenters. The first-order chi connectivity index (χ1) is 17.4. The van der Waals surface area contributed by atoms with E-state index in [9.17, 15) is 14.7 Å². The molecule has 0 saturated carbocycles. The van der Waals surface area contributed by atoms with Gasteiger partial charge in [0.25, 0.3) is 17.7 Å². The minimum atomic E-state index is -0.344. The number of rotatable bonds is 6. The summed E-state index contributed by atoms with van der Waals surface area (Å²) in [6, 6.07) is 20.5. The Labute approximate surface area is 214 Å². The number of hydrogen-bond acceptors (Lipinski definition) is 9. The number of amides is 2. The highest BCUT2D eigenvalue weighted by atomic mass is 35.5. The number of fused-ring (bicyclic) bond motifs is 1. The molecule has 1 aliphatic heterocycles. The Morgan fingerprint density at radius 3 is 2.22 bits per heavy atom. The predicted molar refractivity (Wildman–Crippen MR) is 139 cm³/mol. The maximum atomic E-state index is 12.7. The zero-order valence-electron chi connectivity index (χ0n) is 18.7. The molecular weight excluding hydrogens is 500 g/mol. The standard InChI is InChI=1S/C25H17ClN6O3S/c1-14(28-31-25-27-21(33)22(36-25)30-29-17-10-8-16(26)9-11-17)15-6-12-18(13-7-15)32-23(34)19-4-2-3-5-20(19)24(32)35/h2-13,33H,1H3,(H,27,31). The van der Waals surface area contributed by atoms with Crippen molar-refractivity contribution in [3.05, 3.63) is 94.5 Å². The molecular formula is C25H17ClN6O3S. The number of hydrogen-bond donors (Lipinski definition) is 2. The number of halogens is 1. The third-order valence-corrected chi connectivity index (χ3v) is 6.42. The predicted octanol–water partition coefficient (Wildman–Crippen LogP) is 6.55. The Bertz CT molecular complexity index is 1500. The van der Waals surface area contributed by atoms with Crippen LogP contribution in [0.1, 0.15) is 33.2 Å². The Morgan fingerprint density at radius 1 is 0.944 bits per heavy atom. The summed E-state index contributed by atoms with van der Waals surface area (Å²) in [5, 5.41) is 23.6. The number of nitrogens with zero attached hydrogens (tertiary/aromatic N) is 5. The molecule has 0 aliphatic carbocycles. The number of azo groups is 1. The van der Waals surface area contributed by atoms with Crippen molar-refractivity contribution >= 4 is 62.0 Å². The lowest BCUT2D eigenvalue weighted by Crippen LogP contribution is -2.29. The van der Waals surface area contributed by atoms with Gasteiger partial charge >= 0.3 is 0 Å². The highest BCUT2D eigenvalue weighted by molar-refractivity contribution is 7.19. The second kappa shape index (κ2) is 9.68. The van der Waals surface area contributed by atoms with Crippen LogP contribution in [-0.2, 0) is 0 Å². The van der Waals surface area contributed by atoms with Crippen LogP contribution in [0.5, 0.6) is 5.88 Å². The van der Waals surface area contributed by atoms with E-state index in [4.69, 9.17) is 11.6 Å². The van der Waals surface area contributed by atoms with Gasteiger partial charge in [0.1, 0.15) is 0 Å². The summed E-state index contributed by atoms with van der Waals surface area (Å²) < 4.78 is 0. The van der Waals surface area contributed by atoms with Crippen LogP contribution in [0, 0.1) is 0 Å². The van der Waals surface area contributed by atoms with E-state index >= 15 is 0 Å². The van der Waals surface area contributed by atoms with E-state index in [1.54, 1.807) is 79.7 Å². The zero-order chi connectivity index (χ0) is 25.2. The lowest BCUT2D eigenvalue weighted by atomic mass is 10.1. The van der Waals surface area contributed by atoms with Crippen molar-refractivity contribution < 1.29 is 14.7 Å². The van der Waals surface area contributed by atoms with Crippen LogP contribution in [0.3, 0.4) is 0 Å². The Balaban J connectivity index is 1.27. The number of aromatic hydroxyl groups is 1. The molecule has 4 aromatic rings. The number of anilines is 2. The molecule has 3 aromatic carbocycles. The van der Waals surface area contributed by atoms with Crippen LogP contribution in [-0.4, -0.2) is 27.6 Å². The molecule has 1 aromatic heterocycles. The maximum Gasteiger partial charge on any atom is 0.266 e. The van der Waals surface area contributed by atoms with Crippen LogP contribution in [0.2, 0.25) is 5.02 Å². The van der Waals surface area contributed by atoms with E-state index in [1.807, 2.05) is 0 Å². The summed E-state index contributed by atoms with van der Waals surface area (Å²) in [4.78, 5) is 30.5. The number of aromatic nitrogens is 1. The van der Waals surface area contributed by atoms with Gasteiger partial charge in [0, 0.05) is 5.02 Å². The van der Waals surface area contributed by atoms with Crippen molar-refractivity contribution in [2.45, 2.75) is 6.92 Å². The molecule has 11 heteroatoms. The Kier molecular flexibility index (Phi) is 6.28. The molecule has 0 fully saturated rings. The summed E-state index contributed by atoms with van der Waals surface area (Å²) in [5.41, 5.74) is 6.05. The van der Waals surface area contributed by atoms with E-state index in [0.29, 0.717) is 38.4 Å². The summed E-state index contributed by atoms with van der Waals surface area (Å²) in [7, 11) is 0. The topological polar surface area (TPSA) is 120 Å². The highest BCUT2D eigenvalue weighted by Gasteiger charge is 2.36. The van der Waals surface area contributed by atoms with Gasteiger partial charge in [-0.05, 0) is 61.0 Å². The third-order valence-electron chi connectivity index (χ3n) is 5.33. The second-order valence-electron chi connectivity index (χ2n) is 7.67. The molecule has 2 N–H and O–H groups in total. The normalized spacial score (nSPS) is 13.5. The summed E-state index contributed by atoms with van der Waals surface area (Å²) in [6.45, 7) is 1.79. The fourth-order valence-electron chi connectivity index (χ4n) is 3.50. The SMILES string of the molecule is CC(=NNc1nc(O)c(N=Nc2ccc(Cl)cc2)s1)c1ccc(N2C(=O)c3ccccc3C2=O)cc1. The molecule has 5 rings (SSSR count). The van der Waals surface area contributed by atoms with Crippen LogP contribution in [0.4, 0.5) is 21.5 Å². The van der Waals surface area contributed by atoms with Crippen LogP contribution >= 0.6 is 22.9 Å². The monoisotopic (exact) mass is 516 g/mol. The van der Waals surface area contributed by atoms with Gasteiger partial charge in [0.2, 0.25) is 10.1 Å². The number of carbonyl (C=O) groups excluding carboxylic acids is 2. The van der Waals surface area contributed by atoms with Crippen LogP contribution in [0.15, 0.2) is 88.1 Å². The average molecular weight is 517 g/mol. The van der Waals surface area contributed by atoms with Crippen molar-refractivity contribution in [3.63, 3.8) is 0 Å². The van der Waals surface area contributed by atoms with Crippen molar-refractivity contribution in [1.29, 1.82) is 0 Å². The lowest BCUT2D eigenvalue weighted by Gasteiger charge is -2.14. The summed E-state index contributed by atoms with van der Waals surface area (Å²) >= 11 is 6.94. The van der Waals surface area contributed by atoms with Gasteiger partial charge in [-0.3, -0.25) is 15.0 Å². The Hall–Kier alpha value is -4.41. The molecule has 0 saturated heterocycles. The number of carbonyl (C=O) groups is 2. The number of imide groups is 1. The molecule has 0 radical (unpaired) electrons. The number of hydrazone groups is 1. The lowest BCUT2D eigenvalue weighted by molar-refractivity contribution is 0.0926. The minimum Gasteiger partial charge on any atom is -0.491 e. The number of thiazole rings is 1. The van der Waals surface area contributed by atoms with Gasteiger partial charge in [0.05, 0.1) is 28.2 Å². The van der Waals surface area contributed by atoms with E-state index in [2.05, 4.69) is 25.7 Å². The van der Waals surface area contributed by atoms with E-state index < -0.39 is 0 Å². The third kappa shape index (κ3) is 4.59. The van der Waals surface area contributed by atoms with Crippen LogP contribution < -0.4 is 10.3 Å². The largest absolute Gasteiger partial charge is 0.491 e. The van der Waals surface area contributed by atoms with E-state index in [0.717, 1.165) is 21.8 Å². The number of benzene rings is 3. The summed E-state index contributed by atoms with van der Waals surface area (Å²) in [5.74, 6) is -0.954. The van der Waals surface area contributed by atoms with Crippen LogP contribution in [0.25, 0.3) is 0 Å². The summed E-state index contributed by atoms with van der Waals surface area (Å²) in [6.07, 6.45) is 0. The number of nitrogens with one attached hydrogen (secondary N) is 1. The second-order valence-corrected chi connectivity index (χ2v) is 9.09. The van der Waals surface area contributed by atoms with Crippen molar-refractivity contribution in [2.75, 3.05) is 10.3 Å². The smallest absolute Gasteiger partial charge is 0.266 e. The van der Waals surface area contributed by atoms with Crippen molar-refractivity contribution in [2.24, 2.45) is 15.3 Å². The fraction of sp³-hybridized carbons (Fsp3) is 0.0400. The van der Waals surface area contributed by atoms with Gasteiger partial charge in [0.15, 0.2) is 0 Å². The maximum absolute atomic E-state index is 12.7. The molecule has 0 spiro atoms. The first-order valence-electron chi connectivity index (χ1n) is 10.7. The van der Waals surface area contributed by atoms with Gasteiger partial charge in [-0.15, -0.1) is 10.2 Å². The minimum absolute atomic E-state index is 0.227. The first-order valence-corrected chi connectivity index (χ1v) is 11.9. The fourth-order valence-corrected chi connectivity index (χ4v) is 4.25. The Morgan fingerprint density at radius 2 is 1.58 bits per heavy atom. The molecule has 1 aliphatic rings. The first kappa shape index (κ1) is 23.3. The van der Waals surface area contributed by atoms with Crippen molar-refractivity contribution in [1.82, 2.24) is 4.98 Å². The molecule has 36 heavy (non-hydrogen) atoms. The van der Waals surface area contributed by atoms with Crippen molar-refractivity contribution in [3.8, 4) is 5.88 Å². The average Bonchev–Trinajstić information content (AvgIpc) is 3.38. The van der Waals surface area contributed by atoms with E-state index in [1.165, 1.54) is 0 Å². The zero-order valence-corrected chi connectivity index (χ0v) is 20.3. The molecule has 9 nitrogen and oxygen atoms in total. The van der Waals surface area contributed by atoms with Gasteiger partial charge in [-0.25, -0.2) is 4.90 Å². The van der Waals surface area contributed by atoms with Gasteiger partial charge in [-0.1, -0.05) is 47.2 Å². The molecule has 2 heterocycles. The van der Waals surface area contributed by atoms with Gasteiger partial charge in [-0.2, -0.15) is 10.1 Å².